The zero-order chi connectivity index (χ0) is 15.1. The normalized spacial score (nSPS) is 10.4. The quantitative estimate of drug-likeness (QED) is 0.830. The van der Waals surface area contributed by atoms with Crippen LogP contribution in [0, 0.1) is 13.8 Å². The van der Waals surface area contributed by atoms with Crippen LogP contribution in [-0.4, -0.2) is 48.5 Å². The molecule has 1 aromatic heterocycles. The Labute approximate surface area is 123 Å². The summed E-state index contributed by atoms with van der Waals surface area (Å²) in [6.07, 6.45) is 0.368. The van der Waals surface area contributed by atoms with Crippen LogP contribution in [0.25, 0.3) is 0 Å². The van der Waals surface area contributed by atoms with E-state index in [0.29, 0.717) is 24.7 Å². The zero-order valence-electron chi connectivity index (χ0n) is 12.4. The van der Waals surface area contributed by atoms with Crippen LogP contribution in [0.1, 0.15) is 23.9 Å². The molecule has 112 valence electrons. The minimum atomic E-state index is -0.239. The van der Waals surface area contributed by atoms with Gasteiger partial charge in [0, 0.05) is 25.0 Å². The second kappa shape index (κ2) is 7.96. The Morgan fingerprint density at radius 3 is 2.60 bits per heavy atom. The van der Waals surface area contributed by atoms with Crippen molar-refractivity contribution in [2.45, 2.75) is 27.2 Å². The van der Waals surface area contributed by atoms with E-state index in [-0.39, 0.29) is 18.4 Å². The number of nitrogens with zero attached hydrogens (tertiary/aromatic N) is 2. The molecule has 0 spiro atoms. The van der Waals surface area contributed by atoms with Crippen LogP contribution < -0.4 is 5.32 Å². The van der Waals surface area contributed by atoms with Gasteiger partial charge in [0.2, 0.25) is 11.8 Å². The second-order valence-corrected chi connectivity index (χ2v) is 5.57. The molecule has 1 aromatic rings. The summed E-state index contributed by atoms with van der Waals surface area (Å²) in [5, 5.41) is 3.29. The Morgan fingerprint density at radius 1 is 1.40 bits per heavy atom. The SMILES string of the molecule is CCC(=O)N(CCOC)CC(=O)Nc1nc(C)c(C)s1. The van der Waals surface area contributed by atoms with E-state index in [0.717, 1.165) is 10.6 Å². The van der Waals surface area contributed by atoms with Gasteiger partial charge in [-0.3, -0.25) is 9.59 Å². The second-order valence-electron chi connectivity index (χ2n) is 4.37. The topological polar surface area (TPSA) is 71.5 Å². The van der Waals surface area contributed by atoms with Gasteiger partial charge < -0.3 is 15.0 Å². The number of thiazole rings is 1. The molecule has 1 rings (SSSR count). The zero-order valence-corrected chi connectivity index (χ0v) is 13.2. The summed E-state index contributed by atoms with van der Waals surface area (Å²) in [4.78, 5) is 30.5. The number of aryl methyl sites for hydroxylation is 2. The van der Waals surface area contributed by atoms with E-state index in [4.69, 9.17) is 4.74 Å². The number of nitrogens with one attached hydrogen (secondary N) is 1. The van der Waals surface area contributed by atoms with E-state index < -0.39 is 0 Å². The number of carbonyl (C=O) groups is 2. The van der Waals surface area contributed by atoms with E-state index in [1.807, 2.05) is 13.8 Å². The highest BCUT2D eigenvalue weighted by Crippen LogP contribution is 2.20. The van der Waals surface area contributed by atoms with Crippen molar-refractivity contribution >= 4 is 28.3 Å². The Hall–Kier alpha value is -1.47. The minimum Gasteiger partial charge on any atom is -0.383 e. The van der Waals surface area contributed by atoms with Gasteiger partial charge in [-0.05, 0) is 13.8 Å². The van der Waals surface area contributed by atoms with Crippen molar-refractivity contribution in [1.82, 2.24) is 9.88 Å². The summed E-state index contributed by atoms with van der Waals surface area (Å²) < 4.78 is 4.95. The number of rotatable bonds is 7. The van der Waals surface area contributed by atoms with Crippen molar-refractivity contribution < 1.29 is 14.3 Å². The number of ether oxygens (including phenoxy) is 1. The van der Waals surface area contributed by atoms with E-state index in [9.17, 15) is 9.59 Å². The molecule has 0 radical (unpaired) electrons. The molecular weight excluding hydrogens is 278 g/mol. The number of carbonyl (C=O) groups excluding carboxylic acids is 2. The van der Waals surface area contributed by atoms with Crippen LogP contribution in [-0.2, 0) is 14.3 Å². The van der Waals surface area contributed by atoms with Crippen LogP contribution >= 0.6 is 11.3 Å². The van der Waals surface area contributed by atoms with Crippen LogP contribution in [0.5, 0.6) is 0 Å². The van der Waals surface area contributed by atoms with Crippen molar-refractivity contribution in [3.63, 3.8) is 0 Å². The van der Waals surface area contributed by atoms with E-state index >= 15 is 0 Å². The van der Waals surface area contributed by atoms with E-state index in [2.05, 4.69) is 10.3 Å². The van der Waals surface area contributed by atoms with E-state index in [1.165, 1.54) is 16.2 Å². The number of anilines is 1. The van der Waals surface area contributed by atoms with Gasteiger partial charge in [-0.15, -0.1) is 11.3 Å². The first-order chi connectivity index (χ1) is 9.47. The average molecular weight is 299 g/mol. The van der Waals surface area contributed by atoms with Gasteiger partial charge in [-0.1, -0.05) is 6.92 Å². The highest BCUT2D eigenvalue weighted by atomic mass is 32.1. The number of amides is 2. The van der Waals surface area contributed by atoms with Gasteiger partial charge in [0.15, 0.2) is 5.13 Å². The minimum absolute atomic E-state index is 0.0215. The van der Waals surface area contributed by atoms with Gasteiger partial charge >= 0.3 is 0 Å². The van der Waals surface area contributed by atoms with Crippen molar-refractivity contribution in [1.29, 1.82) is 0 Å². The predicted octanol–water partition coefficient (Wildman–Crippen LogP) is 1.58. The molecule has 1 N–H and O–H groups in total. The molecule has 0 atom stereocenters. The fourth-order valence-electron chi connectivity index (χ4n) is 1.58. The Morgan fingerprint density at radius 2 is 2.10 bits per heavy atom. The van der Waals surface area contributed by atoms with Crippen molar-refractivity contribution in [3.05, 3.63) is 10.6 Å². The molecule has 0 bridgehead atoms. The van der Waals surface area contributed by atoms with Gasteiger partial charge in [-0.2, -0.15) is 0 Å². The molecule has 0 unspecified atom stereocenters. The number of hydrogen-bond acceptors (Lipinski definition) is 5. The fraction of sp³-hybridized carbons (Fsp3) is 0.615. The molecule has 0 saturated heterocycles. The van der Waals surface area contributed by atoms with Crippen molar-refractivity contribution in [2.75, 3.05) is 32.1 Å². The molecule has 0 aromatic carbocycles. The maximum Gasteiger partial charge on any atom is 0.245 e. The molecular formula is C13H21N3O3S. The van der Waals surface area contributed by atoms with Crippen LogP contribution in [0.15, 0.2) is 0 Å². The first kappa shape index (κ1) is 16.6. The smallest absolute Gasteiger partial charge is 0.245 e. The molecule has 20 heavy (non-hydrogen) atoms. The number of methoxy groups -OCH3 is 1. The molecule has 6 nitrogen and oxygen atoms in total. The lowest BCUT2D eigenvalue weighted by molar-refractivity contribution is -0.135. The summed E-state index contributed by atoms with van der Waals surface area (Å²) in [6.45, 7) is 6.46. The molecule has 0 aliphatic carbocycles. The molecule has 0 saturated carbocycles. The van der Waals surface area contributed by atoms with Crippen LogP contribution in [0.2, 0.25) is 0 Å². The molecule has 0 aliphatic rings. The van der Waals surface area contributed by atoms with Gasteiger partial charge in [0.05, 0.1) is 12.3 Å². The molecule has 1 heterocycles. The lowest BCUT2D eigenvalue weighted by Crippen LogP contribution is -2.39. The lowest BCUT2D eigenvalue weighted by Gasteiger charge is -2.20. The largest absolute Gasteiger partial charge is 0.383 e. The van der Waals surface area contributed by atoms with Gasteiger partial charge in [-0.25, -0.2) is 4.98 Å². The maximum atomic E-state index is 11.9. The average Bonchev–Trinajstić information content (AvgIpc) is 2.72. The summed E-state index contributed by atoms with van der Waals surface area (Å²) in [7, 11) is 1.57. The van der Waals surface area contributed by atoms with Crippen LogP contribution in [0.3, 0.4) is 0 Å². The Kier molecular flexibility index (Phi) is 6.60. The van der Waals surface area contributed by atoms with E-state index in [1.54, 1.807) is 14.0 Å². The summed E-state index contributed by atoms with van der Waals surface area (Å²) >= 11 is 1.43. The highest BCUT2D eigenvalue weighted by Gasteiger charge is 2.16. The van der Waals surface area contributed by atoms with Gasteiger partial charge in [0.25, 0.3) is 0 Å². The molecule has 7 heteroatoms. The third kappa shape index (κ3) is 4.90. The summed E-state index contributed by atoms with van der Waals surface area (Å²) in [5.74, 6) is -0.305. The third-order valence-electron chi connectivity index (χ3n) is 2.83. The Bertz CT molecular complexity index is 454. The van der Waals surface area contributed by atoms with Crippen LogP contribution in [0.4, 0.5) is 5.13 Å². The highest BCUT2D eigenvalue weighted by molar-refractivity contribution is 7.15. The standard InChI is InChI=1S/C13H21N3O3S/c1-5-12(18)16(6-7-19-4)8-11(17)15-13-14-9(2)10(3)20-13/h5-8H2,1-4H3,(H,14,15,17). The first-order valence-corrected chi connectivity index (χ1v) is 7.30. The monoisotopic (exact) mass is 299 g/mol. The first-order valence-electron chi connectivity index (χ1n) is 6.48. The number of aromatic nitrogens is 1. The predicted molar refractivity (Wildman–Crippen MR) is 79.0 cm³/mol. The summed E-state index contributed by atoms with van der Waals surface area (Å²) in [6, 6.07) is 0. The summed E-state index contributed by atoms with van der Waals surface area (Å²) in [5.41, 5.74) is 0.908. The van der Waals surface area contributed by atoms with Crippen molar-refractivity contribution in [3.8, 4) is 0 Å². The number of hydrogen-bond donors (Lipinski definition) is 1. The van der Waals surface area contributed by atoms with Gasteiger partial charge in [0.1, 0.15) is 6.54 Å². The molecule has 0 aliphatic heterocycles. The molecule has 2 amide bonds. The molecule has 0 fully saturated rings. The Balaban J connectivity index is 2.58. The maximum absolute atomic E-state index is 11.9. The lowest BCUT2D eigenvalue weighted by atomic mass is 10.3. The van der Waals surface area contributed by atoms with Crippen molar-refractivity contribution in [2.24, 2.45) is 0 Å². The fourth-order valence-corrected chi connectivity index (χ4v) is 2.41. The third-order valence-corrected chi connectivity index (χ3v) is 3.82.